The first kappa shape index (κ1) is 17.3. The van der Waals surface area contributed by atoms with Crippen LogP contribution in [0.5, 0.6) is 0 Å². The molecule has 0 spiro atoms. The number of hydrogen-bond donors (Lipinski definition) is 0. The maximum Gasteiger partial charge on any atom is 0.263 e. The lowest BCUT2D eigenvalue weighted by atomic mass is 9.98. The van der Waals surface area contributed by atoms with Crippen molar-refractivity contribution < 1.29 is 9.59 Å². The van der Waals surface area contributed by atoms with Gasteiger partial charge in [0, 0.05) is 0 Å². The van der Waals surface area contributed by atoms with Crippen LogP contribution in [0.3, 0.4) is 0 Å². The molecular weight excluding hydrogens is 290 g/mol. The van der Waals surface area contributed by atoms with Gasteiger partial charge >= 0.3 is 0 Å². The van der Waals surface area contributed by atoms with Gasteiger partial charge in [0.1, 0.15) is 0 Å². The highest BCUT2D eigenvalue weighted by atomic mass is 16.2. The first-order valence-electron chi connectivity index (χ1n) is 7.97. The third kappa shape index (κ3) is 3.49. The first-order valence-corrected chi connectivity index (χ1v) is 7.97. The minimum atomic E-state index is -0.978. The fourth-order valence-electron chi connectivity index (χ4n) is 2.83. The summed E-state index contributed by atoms with van der Waals surface area (Å²) in [4.78, 5) is 26.8. The predicted molar refractivity (Wildman–Crippen MR) is 89.4 cm³/mol. The maximum absolute atomic E-state index is 12.8. The van der Waals surface area contributed by atoms with E-state index >= 15 is 0 Å². The molecule has 5 heteroatoms. The number of hydrogen-bond acceptors (Lipinski definition) is 4. The van der Waals surface area contributed by atoms with E-state index < -0.39 is 5.66 Å². The summed E-state index contributed by atoms with van der Waals surface area (Å²) in [7, 11) is 0. The molecule has 1 unspecified atom stereocenters. The number of nitrogens with zero attached hydrogens (tertiary/aromatic N) is 3. The van der Waals surface area contributed by atoms with Crippen molar-refractivity contribution in [3.05, 3.63) is 35.4 Å². The number of carbonyl (C=O) groups excluding carboxylic acids is 2. The summed E-state index contributed by atoms with van der Waals surface area (Å²) in [5.41, 5.74) is -0.456. The summed E-state index contributed by atoms with van der Waals surface area (Å²) >= 11 is 0. The zero-order valence-electron chi connectivity index (χ0n) is 14.8. The monoisotopic (exact) mass is 315 g/mol. The molecule has 1 heterocycles. The second-order valence-electron chi connectivity index (χ2n) is 7.68. The molecule has 1 aromatic rings. The smallest absolute Gasteiger partial charge is 0.263 e. The highest BCUT2D eigenvalue weighted by Gasteiger charge is 2.47. The molecule has 2 amide bonds. The Labute approximate surface area is 137 Å². The van der Waals surface area contributed by atoms with Gasteiger partial charge in [-0.15, -0.1) is 0 Å². The van der Waals surface area contributed by atoms with Gasteiger partial charge in [0.05, 0.1) is 16.7 Å². The minimum absolute atomic E-state index is 0.267. The second-order valence-corrected chi connectivity index (χ2v) is 7.68. The van der Waals surface area contributed by atoms with Gasteiger partial charge in [-0.3, -0.25) is 9.59 Å². The van der Waals surface area contributed by atoms with Crippen LogP contribution in [0.1, 0.15) is 68.7 Å². The minimum Gasteiger partial charge on any atom is -0.268 e. The Hall–Kier alpha value is -2.04. The summed E-state index contributed by atoms with van der Waals surface area (Å²) in [5, 5.41) is 8.78. The molecule has 0 aliphatic carbocycles. The third-order valence-electron chi connectivity index (χ3n) is 3.64. The van der Waals surface area contributed by atoms with Gasteiger partial charge in [0.2, 0.25) is 0 Å². The SMILES string of the molecule is CC(C)CC(C)(N=NC(C)(C)C)N1C(=O)c2ccccc2C1=O. The van der Waals surface area contributed by atoms with Crippen molar-refractivity contribution in [2.24, 2.45) is 16.1 Å². The molecule has 1 aliphatic rings. The average molecular weight is 315 g/mol. The normalized spacial score (nSPS) is 18.0. The molecule has 0 N–H and O–H groups in total. The van der Waals surface area contributed by atoms with Crippen molar-refractivity contribution in [3.8, 4) is 0 Å². The third-order valence-corrected chi connectivity index (χ3v) is 3.64. The number of fused-ring (bicyclic) bond motifs is 1. The standard InChI is InChI=1S/C18H25N3O2/c1-12(2)11-18(6,20-19-17(3,4)5)21-15(22)13-9-7-8-10-14(13)16(21)23/h7-10,12H,11H2,1-6H3. The van der Waals surface area contributed by atoms with E-state index in [4.69, 9.17) is 0 Å². The maximum atomic E-state index is 12.8. The zero-order valence-corrected chi connectivity index (χ0v) is 14.8. The Morgan fingerprint density at radius 2 is 1.43 bits per heavy atom. The Bertz CT molecular complexity index is 623. The van der Waals surface area contributed by atoms with Crippen LogP contribution in [0.4, 0.5) is 0 Å². The van der Waals surface area contributed by atoms with Gasteiger partial charge in [-0.2, -0.15) is 10.2 Å². The zero-order chi connectivity index (χ0) is 17.4. The molecule has 1 aliphatic heterocycles. The number of imide groups is 1. The summed E-state index contributed by atoms with van der Waals surface area (Å²) in [6.07, 6.45) is 0.568. The van der Waals surface area contributed by atoms with Crippen LogP contribution in [0.2, 0.25) is 0 Å². The Balaban J connectivity index is 2.47. The van der Waals surface area contributed by atoms with Crippen LogP contribution in [-0.4, -0.2) is 27.9 Å². The van der Waals surface area contributed by atoms with Crippen molar-refractivity contribution in [2.75, 3.05) is 0 Å². The van der Waals surface area contributed by atoms with Gasteiger partial charge < -0.3 is 0 Å². The average Bonchev–Trinajstić information content (AvgIpc) is 2.68. The molecule has 0 saturated carbocycles. The molecule has 124 valence electrons. The predicted octanol–water partition coefficient (Wildman–Crippen LogP) is 4.30. The van der Waals surface area contributed by atoms with Crippen LogP contribution in [0.15, 0.2) is 34.5 Å². The van der Waals surface area contributed by atoms with Crippen LogP contribution >= 0.6 is 0 Å². The Morgan fingerprint density at radius 3 is 1.83 bits per heavy atom. The molecule has 5 nitrogen and oxygen atoms in total. The van der Waals surface area contributed by atoms with Gasteiger partial charge in [0.15, 0.2) is 5.66 Å². The van der Waals surface area contributed by atoms with E-state index in [1.165, 1.54) is 4.90 Å². The fourth-order valence-corrected chi connectivity index (χ4v) is 2.83. The summed E-state index contributed by atoms with van der Waals surface area (Å²) in [6.45, 7) is 11.7. The van der Waals surface area contributed by atoms with Crippen LogP contribution < -0.4 is 0 Å². The number of amides is 2. The van der Waals surface area contributed by atoms with Gasteiger partial charge in [-0.1, -0.05) is 26.0 Å². The quantitative estimate of drug-likeness (QED) is 0.614. The lowest BCUT2D eigenvalue weighted by Gasteiger charge is -2.34. The fraction of sp³-hybridized carbons (Fsp3) is 0.556. The van der Waals surface area contributed by atoms with Crippen LogP contribution in [-0.2, 0) is 0 Å². The number of carbonyl (C=O) groups is 2. The lowest BCUT2D eigenvalue weighted by Crippen LogP contribution is -2.49. The molecule has 23 heavy (non-hydrogen) atoms. The van der Waals surface area contributed by atoms with E-state index in [0.29, 0.717) is 17.5 Å². The van der Waals surface area contributed by atoms with E-state index in [9.17, 15) is 9.59 Å². The van der Waals surface area contributed by atoms with E-state index in [-0.39, 0.29) is 23.3 Å². The highest BCUT2D eigenvalue weighted by Crippen LogP contribution is 2.35. The lowest BCUT2D eigenvalue weighted by molar-refractivity contribution is 0.0407. The molecule has 0 bridgehead atoms. The molecule has 1 atom stereocenters. The Morgan fingerprint density at radius 1 is 0.957 bits per heavy atom. The molecular formula is C18H25N3O2. The van der Waals surface area contributed by atoms with Crippen molar-refractivity contribution in [1.82, 2.24) is 4.90 Å². The topological polar surface area (TPSA) is 62.1 Å². The van der Waals surface area contributed by atoms with E-state index in [0.717, 1.165) is 0 Å². The van der Waals surface area contributed by atoms with Crippen LogP contribution in [0.25, 0.3) is 0 Å². The molecule has 2 rings (SSSR count). The van der Waals surface area contributed by atoms with E-state index in [2.05, 4.69) is 10.2 Å². The molecule has 0 fully saturated rings. The van der Waals surface area contributed by atoms with Gasteiger partial charge in [-0.05, 0) is 52.2 Å². The second kappa shape index (κ2) is 5.87. The highest BCUT2D eigenvalue weighted by molar-refractivity contribution is 6.21. The summed E-state index contributed by atoms with van der Waals surface area (Å²) < 4.78 is 0. The molecule has 0 aromatic heterocycles. The summed E-state index contributed by atoms with van der Waals surface area (Å²) in [5.74, 6) is -0.313. The molecule has 0 radical (unpaired) electrons. The van der Waals surface area contributed by atoms with Gasteiger partial charge in [-0.25, -0.2) is 4.90 Å². The molecule has 0 saturated heterocycles. The molecule has 1 aromatic carbocycles. The van der Waals surface area contributed by atoms with Crippen molar-refractivity contribution in [3.63, 3.8) is 0 Å². The number of rotatable bonds is 4. The first-order chi connectivity index (χ1) is 10.6. The largest absolute Gasteiger partial charge is 0.268 e. The van der Waals surface area contributed by atoms with Gasteiger partial charge in [0.25, 0.3) is 11.8 Å². The Kier molecular flexibility index (Phi) is 4.42. The number of azo groups is 1. The summed E-state index contributed by atoms with van der Waals surface area (Å²) in [6, 6.07) is 6.91. The van der Waals surface area contributed by atoms with Crippen molar-refractivity contribution >= 4 is 11.8 Å². The van der Waals surface area contributed by atoms with Crippen LogP contribution in [0, 0.1) is 5.92 Å². The number of benzene rings is 1. The van der Waals surface area contributed by atoms with Crippen molar-refractivity contribution in [1.29, 1.82) is 0 Å². The van der Waals surface area contributed by atoms with Crippen molar-refractivity contribution in [2.45, 2.75) is 59.2 Å². The van der Waals surface area contributed by atoms with E-state index in [1.807, 2.05) is 41.5 Å². The van der Waals surface area contributed by atoms with E-state index in [1.54, 1.807) is 24.3 Å².